The smallest absolute Gasteiger partial charge is 0.341 e. The molecular weight excluding hydrogens is 222 g/mol. The molecule has 0 aliphatic rings. The summed E-state index contributed by atoms with van der Waals surface area (Å²) in [5.74, 6) is -1.24. The molecule has 0 spiro atoms. The zero-order valence-corrected chi connectivity index (χ0v) is 8.52. The van der Waals surface area contributed by atoms with Gasteiger partial charge in [-0.15, -0.1) is 0 Å². The van der Waals surface area contributed by atoms with Crippen LogP contribution < -0.4 is 5.43 Å². The first-order valence-corrected chi connectivity index (χ1v) is 4.89. The van der Waals surface area contributed by atoms with Gasteiger partial charge in [0, 0.05) is 11.6 Å². The van der Waals surface area contributed by atoms with Gasteiger partial charge in [0.05, 0.1) is 22.6 Å². The Bertz CT molecular complexity index is 800. The van der Waals surface area contributed by atoms with Crippen LogP contribution in [0.25, 0.3) is 21.8 Å². The molecule has 2 heterocycles. The van der Waals surface area contributed by atoms with Crippen molar-refractivity contribution in [2.45, 2.75) is 0 Å². The minimum Gasteiger partial charge on any atom is -0.477 e. The van der Waals surface area contributed by atoms with Crippen molar-refractivity contribution in [2.75, 3.05) is 0 Å². The van der Waals surface area contributed by atoms with Crippen LogP contribution in [-0.2, 0) is 0 Å². The van der Waals surface area contributed by atoms with Gasteiger partial charge in [-0.05, 0) is 12.1 Å². The van der Waals surface area contributed by atoms with Gasteiger partial charge in [0.15, 0.2) is 0 Å². The number of aromatic carboxylic acids is 1. The number of hydrogen-bond donors (Lipinski definition) is 3. The fraction of sp³-hybridized carbons (Fsp3) is 0. The fourth-order valence-electron chi connectivity index (χ4n) is 1.89. The second kappa shape index (κ2) is 3.18. The average Bonchev–Trinajstić information content (AvgIpc) is 2.76. The molecule has 0 amide bonds. The van der Waals surface area contributed by atoms with Crippen molar-refractivity contribution in [3.63, 3.8) is 0 Å². The van der Waals surface area contributed by atoms with Crippen molar-refractivity contribution in [3.05, 3.63) is 40.3 Å². The summed E-state index contributed by atoms with van der Waals surface area (Å²) in [5, 5.41) is 16.4. The predicted molar refractivity (Wildman–Crippen MR) is 61.2 cm³/mol. The van der Waals surface area contributed by atoms with Gasteiger partial charge in [-0.3, -0.25) is 9.89 Å². The molecule has 84 valence electrons. The van der Waals surface area contributed by atoms with Crippen molar-refractivity contribution >= 4 is 27.8 Å². The topological polar surface area (TPSA) is 98.8 Å². The third-order valence-electron chi connectivity index (χ3n) is 2.70. The highest BCUT2D eigenvalue weighted by atomic mass is 16.4. The highest BCUT2D eigenvalue weighted by Gasteiger charge is 2.13. The molecule has 3 rings (SSSR count). The Morgan fingerprint density at radius 2 is 2.06 bits per heavy atom. The molecule has 0 fully saturated rings. The largest absolute Gasteiger partial charge is 0.477 e. The van der Waals surface area contributed by atoms with Gasteiger partial charge < -0.3 is 10.1 Å². The Kier molecular flexibility index (Phi) is 1.79. The van der Waals surface area contributed by atoms with Crippen molar-refractivity contribution in [3.8, 4) is 0 Å². The first-order valence-electron chi connectivity index (χ1n) is 4.89. The van der Waals surface area contributed by atoms with Gasteiger partial charge in [-0.1, -0.05) is 0 Å². The normalized spacial score (nSPS) is 11.1. The monoisotopic (exact) mass is 229 g/mol. The van der Waals surface area contributed by atoms with Crippen LogP contribution >= 0.6 is 0 Å². The number of H-pyrrole nitrogens is 2. The summed E-state index contributed by atoms with van der Waals surface area (Å²) in [6, 6.07) is 3.49. The van der Waals surface area contributed by atoms with E-state index < -0.39 is 11.4 Å². The summed E-state index contributed by atoms with van der Waals surface area (Å²) in [5.41, 5.74) is 0.517. The lowest BCUT2D eigenvalue weighted by Gasteiger charge is -2.00. The van der Waals surface area contributed by atoms with Crippen LogP contribution in [0.1, 0.15) is 10.4 Å². The van der Waals surface area contributed by atoms with Gasteiger partial charge in [-0.25, -0.2) is 4.79 Å². The van der Waals surface area contributed by atoms with Crippen LogP contribution in [0, 0.1) is 0 Å². The van der Waals surface area contributed by atoms with Crippen molar-refractivity contribution < 1.29 is 9.90 Å². The quantitative estimate of drug-likeness (QED) is 0.581. The van der Waals surface area contributed by atoms with E-state index in [2.05, 4.69) is 15.2 Å². The van der Waals surface area contributed by atoms with Crippen LogP contribution in [-0.4, -0.2) is 26.3 Å². The van der Waals surface area contributed by atoms with E-state index in [4.69, 9.17) is 5.11 Å². The van der Waals surface area contributed by atoms with E-state index in [1.165, 1.54) is 12.4 Å². The van der Waals surface area contributed by atoms with Crippen LogP contribution in [0.3, 0.4) is 0 Å². The summed E-state index contributed by atoms with van der Waals surface area (Å²) in [4.78, 5) is 25.7. The van der Waals surface area contributed by atoms with Gasteiger partial charge in [0.2, 0.25) is 5.43 Å². The van der Waals surface area contributed by atoms with Gasteiger partial charge >= 0.3 is 5.97 Å². The molecule has 0 radical (unpaired) electrons. The second-order valence-electron chi connectivity index (χ2n) is 3.66. The zero-order valence-electron chi connectivity index (χ0n) is 8.52. The SMILES string of the molecule is O=C(O)c1c[nH]c2ccc3[nH]ncc3c2c1=O. The Balaban J connectivity index is 2.60. The van der Waals surface area contributed by atoms with Crippen molar-refractivity contribution in [1.82, 2.24) is 15.2 Å². The standard InChI is InChI=1S/C11H7N3O3/c15-10-6(11(16)17)3-12-8-2-1-7-5(9(8)10)4-13-14-7/h1-4H,(H,12,15)(H,13,14)(H,16,17). The van der Waals surface area contributed by atoms with Crippen LogP contribution in [0.15, 0.2) is 29.3 Å². The Morgan fingerprint density at radius 3 is 2.82 bits per heavy atom. The van der Waals surface area contributed by atoms with E-state index in [-0.39, 0.29) is 5.56 Å². The number of carboxylic acid groups (broad SMARTS) is 1. The Morgan fingerprint density at radius 1 is 1.29 bits per heavy atom. The number of nitrogens with one attached hydrogen (secondary N) is 2. The Hall–Kier alpha value is -2.63. The maximum absolute atomic E-state index is 12.0. The van der Waals surface area contributed by atoms with Gasteiger partial charge in [0.1, 0.15) is 5.56 Å². The lowest BCUT2D eigenvalue weighted by atomic mass is 10.1. The molecule has 1 aromatic carbocycles. The Labute approximate surface area is 93.9 Å². The van der Waals surface area contributed by atoms with Gasteiger partial charge in [-0.2, -0.15) is 5.10 Å². The molecule has 0 unspecified atom stereocenters. The molecule has 3 N–H and O–H groups in total. The molecule has 6 nitrogen and oxygen atoms in total. The number of hydrogen-bond acceptors (Lipinski definition) is 3. The molecule has 17 heavy (non-hydrogen) atoms. The van der Waals surface area contributed by atoms with E-state index in [9.17, 15) is 9.59 Å². The summed E-state index contributed by atoms with van der Waals surface area (Å²) in [6.07, 6.45) is 2.72. The van der Waals surface area contributed by atoms with Crippen LogP contribution in [0.4, 0.5) is 0 Å². The zero-order chi connectivity index (χ0) is 12.0. The van der Waals surface area contributed by atoms with E-state index in [1.807, 2.05) is 0 Å². The number of aromatic nitrogens is 3. The lowest BCUT2D eigenvalue weighted by Crippen LogP contribution is -2.15. The van der Waals surface area contributed by atoms with Gasteiger partial charge in [0.25, 0.3) is 0 Å². The highest BCUT2D eigenvalue weighted by Crippen LogP contribution is 2.19. The molecule has 6 heteroatoms. The van der Waals surface area contributed by atoms with Crippen molar-refractivity contribution in [2.24, 2.45) is 0 Å². The number of benzene rings is 1. The number of nitrogens with zero attached hydrogens (tertiary/aromatic N) is 1. The van der Waals surface area contributed by atoms with Crippen molar-refractivity contribution in [1.29, 1.82) is 0 Å². The number of aromatic amines is 2. The molecule has 0 aliphatic heterocycles. The van der Waals surface area contributed by atoms with E-state index in [1.54, 1.807) is 12.1 Å². The summed E-state index contributed by atoms with van der Waals surface area (Å²) < 4.78 is 0. The maximum atomic E-state index is 12.0. The average molecular weight is 229 g/mol. The molecule has 0 saturated carbocycles. The third kappa shape index (κ3) is 1.24. The second-order valence-corrected chi connectivity index (χ2v) is 3.66. The molecule has 0 saturated heterocycles. The van der Waals surface area contributed by atoms with E-state index in [0.717, 1.165) is 0 Å². The molecular formula is C11H7N3O3. The molecule has 0 aliphatic carbocycles. The molecule has 0 atom stereocenters. The first-order chi connectivity index (χ1) is 8.18. The molecule has 0 bridgehead atoms. The highest BCUT2D eigenvalue weighted by molar-refractivity contribution is 6.06. The molecule has 3 aromatic rings. The van der Waals surface area contributed by atoms with E-state index in [0.29, 0.717) is 21.8 Å². The number of carbonyl (C=O) groups is 1. The first kappa shape index (κ1) is 9.59. The minimum absolute atomic E-state index is 0.272. The summed E-state index contributed by atoms with van der Waals surface area (Å²) in [7, 11) is 0. The number of rotatable bonds is 1. The predicted octanol–water partition coefficient (Wildman–Crippen LogP) is 1.10. The van der Waals surface area contributed by atoms with Crippen LogP contribution in [0.5, 0.6) is 0 Å². The fourth-order valence-corrected chi connectivity index (χ4v) is 1.89. The number of fused-ring (bicyclic) bond motifs is 3. The summed E-state index contributed by atoms with van der Waals surface area (Å²) in [6.45, 7) is 0. The number of carboxylic acids is 1. The number of pyridine rings is 1. The molecule has 2 aromatic heterocycles. The summed E-state index contributed by atoms with van der Waals surface area (Å²) >= 11 is 0. The minimum atomic E-state index is -1.24. The van der Waals surface area contributed by atoms with Crippen LogP contribution in [0.2, 0.25) is 0 Å². The lowest BCUT2D eigenvalue weighted by molar-refractivity contribution is 0.0695. The maximum Gasteiger partial charge on any atom is 0.341 e. The van der Waals surface area contributed by atoms with E-state index >= 15 is 0 Å². The third-order valence-corrected chi connectivity index (χ3v) is 2.70.